The van der Waals surface area contributed by atoms with Gasteiger partial charge in [0.15, 0.2) is 12.6 Å². The number of rotatable bonds is 8. The molecule has 3 atom stereocenters. The second-order valence-corrected chi connectivity index (χ2v) is 2.68. The van der Waals surface area contributed by atoms with Crippen molar-refractivity contribution in [2.45, 2.75) is 32.0 Å². The quantitative estimate of drug-likeness (QED) is 0.213. The van der Waals surface area contributed by atoms with Gasteiger partial charge >= 0.3 is 0 Å². The van der Waals surface area contributed by atoms with E-state index in [0.29, 0.717) is 13.0 Å². The Morgan fingerprint density at radius 2 is 2.29 bits per heavy atom. The maximum absolute atomic E-state index is 9.96. The molecule has 0 aliphatic rings. The van der Waals surface area contributed by atoms with Crippen LogP contribution in [0.15, 0.2) is 0 Å². The van der Waals surface area contributed by atoms with Crippen LogP contribution in [0.4, 0.5) is 0 Å². The molecule has 0 bridgehead atoms. The normalized spacial score (nSPS) is 18.4. The maximum atomic E-state index is 9.96. The number of hydrogen-bond acceptors (Lipinski definition) is 6. The highest BCUT2D eigenvalue weighted by molar-refractivity contribution is 5.53. The summed E-state index contributed by atoms with van der Waals surface area (Å²) >= 11 is 0. The fraction of sp³-hybridized carbons (Fsp3) is 0.875. The lowest BCUT2D eigenvalue weighted by Crippen LogP contribution is -2.40. The Labute approximate surface area is 83.9 Å². The van der Waals surface area contributed by atoms with Gasteiger partial charge in [0, 0.05) is 7.92 Å². The first kappa shape index (κ1) is 11.5. The van der Waals surface area contributed by atoms with Gasteiger partial charge < -0.3 is 25.4 Å². The molecule has 0 heterocycles. The minimum absolute atomic E-state index is 0.0622. The SMILES string of the molecule is [2H]CCCNCC(O)C(O)OC(O)C=O. The van der Waals surface area contributed by atoms with E-state index in [9.17, 15) is 9.90 Å². The number of nitrogens with one attached hydrogen (secondary N) is 1. The average Bonchev–Trinajstić information content (AvgIpc) is 2.23. The summed E-state index contributed by atoms with van der Waals surface area (Å²) in [7, 11) is 0. The largest absolute Gasteiger partial charge is 0.386 e. The second-order valence-electron chi connectivity index (χ2n) is 2.68. The van der Waals surface area contributed by atoms with Crippen LogP contribution < -0.4 is 5.32 Å². The Hall–Kier alpha value is -0.530. The van der Waals surface area contributed by atoms with Crippen molar-refractivity contribution in [1.82, 2.24) is 5.32 Å². The van der Waals surface area contributed by atoms with Crippen molar-refractivity contribution in [2.24, 2.45) is 0 Å². The molecule has 0 fully saturated rings. The molecule has 0 spiro atoms. The standard InChI is InChI=1S/C8H17NO5/c1-2-3-9-4-6(11)8(13)14-7(12)5-10/h5-9,11-13H,2-4H2,1H3/i1D. The summed E-state index contributed by atoms with van der Waals surface area (Å²) in [6.07, 6.45) is -3.84. The third-order valence-electron chi connectivity index (χ3n) is 1.43. The Kier molecular flexibility index (Phi) is 6.46. The Morgan fingerprint density at radius 1 is 1.57 bits per heavy atom. The zero-order valence-electron chi connectivity index (χ0n) is 8.80. The molecule has 0 rings (SSSR count). The van der Waals surface area contributed by atoms with Gasteiger partial charge in [0.05, 0.1) is 0 Å². The van der Waals surface area contributed by atoms with E-state index < -0.39 is 18.7 Å². The van der Waals surface area contributed by atoms with E-state index in [1.807, 2.05) is 0 Å². The molecular formula is C8H17NO5. The predicted octanol–water partition coefficient (Wildman–Crippen LogP) is -1.80. The molecule has 4 N–H and O–H groups in total. The summed E-state index contributed by atoms with van der Waals surface area (Å²) in [5.41, 5.74) is 0. The number of aliphatic hydroxyl groups is 3. The topological polar surface area (TPSA) is 99.0 Å². The molecule has 0 aliphatic heterocycles. The van der Waals surface area contributed by atoms with Crippen molar-refractivity contribution in [3.63, 3.8) is 0 Å². The molecule has 0 aromatic rings. The van der Waals surface area contributed by atoms with E-state index in [2.05, 4.69) is 10.1 Å². The smallest absolute Gasteiger partial charge is 0.214 e. The summed E-state index contributed by atoms with van der Waals surface area (Å²) in [6.45, 7) is 0.891. The van der Waals surface area contributed by atoms with Gasteiger partial charge in [0.1, 0.15) is 6.10 Å². The van der Waals surface area contributed by atoms with Gasteiger partial charge in [-0.2, -0.15) is 0 Å². The molecule has 0 aromatic heterocycles. The van der Waals surface area contributed by atoms with Gasteiger partial charge in [-0.05, 0) is 13.0 Å². The predicted molar refractivity (Wildman–Crippen MR) is 48.3 cm³/mol. The van der Waals surface area contributed by atoms with Crippen LogP contribution in [0.25, 0.3) is 0 Å². The van der Waals surface area contributed by atoms with E-state index in [-0.39, 0.29) is 19.7 Å². The van der Waals surface area contributed by atoms with Crippen molar-refractivity contribution >= 4 is 6.29 Å². The van der Waals surface area contributed by atoms with E-state index >= 15 is 0 Å². The van der Waals surface area contributed by atoms with Crippen molar-refractivity contribution in [3.05, 3.63) is 0 Å². The molecule has 6 heteroatoms. The van der Waals surface area contributed by atoms with E-state index in [1.165, 1.54) is 0 Å². The van der Waals surface area contributed by atoms with E-state index in [1.54, 1.807) is 0 Å². The minimum atomic E-state index is -1.73. The number of aldehydes is 1. The summed E-state index contributed by atoms with van der Waals surface area (Å²) < 4.78 is 11.2. The Balaban J connectivity index is 3.59. The van der Waals surface area contributed by atoms with Crippen LogP contribution in [0.1, 0.15) is 14.7 Å². The highest BCUT2D eigenvalue weighted by atomic mass is 16.7. The van der Waals surface area contributed by atoms with Crippen molar-refractivity contribution < 1.29 is 26.2 Å². The summed E-state index contributed by atoms with van der Waals surface area (Å²) in [4.78, 5) is 9.96. The van der Waals surface area contributed by atoms with E-state index in [0.717, 1.165) is 0 Å². The van der Waals surface area contributed by atoms with Crippen molar-refractivity contribution in [2.75, 3.05) is 13.1 Å². The number of hydrogen-bond donors (Lipinski definition) is 4. The number of aliphatic hydroxyl groups excluding tert-OH is 3. The first-order valence-corrected chi connectivity index (χ1v) is 4.26. The lowest BCUT2D eigenvalue weighted by molar-refractivity contribution is -0.228. The van der Waals surface area contributed by atoms with Crippen LogP contribution in [0.3, 0.4) is 0 Å². The summed E-state index contributed by atoms with van der Waals surface area (Å²) in [6, 6.07) is 0. The van der Waals surface area contributed by atoms with Gasteiger partial charge in [-0.3, -0.25) is 4.79 Å². The molecule has 0 amide bonds. The Bertz CT molecular complexity index is 171. The molecule has 0 radical (unpaired) electrons. The molecule has 14 heavy (non-hydrogen) atoms. The molecule has 0 aliphatic carbocycles. The van der Waals surface area contributed by atoms with Gasteiger partial charge in [-0.25, -0.2) is 0 Å². The highest BCUT2D eigenvalue weighted by Crippen LogP contribution is 1.97. The minimum Gasteiger partial charge on any atom is -0.386 e. The van der Waals surface area contributed by atoms with Crippen molar-refractivity contribution in [1.29, 1.82) is 0 Å². The number of carbonyl (C=O) groups excluding carboxylic acids is 1. The van der Waals surface area contributed by atoms with Crippen molar-refractivity contribution in [3.8, 4) is 0 Å². The van der Waals surface area contributed by atoms with Gasteiger partial charge in [-0.1, -0.05) is 6.90 Å². The average molecular weight is 208 g/mol. The van der Waals surface area contributed by atoms with E-state index in [4.69, 9.17) is 11.6 Å². The van der Waals surface area contributed by atoms with Gasteiger partial charge in [0.25, 0.3) is 0 Å². The van der Waals surface area contributed by atoms with Gasteiger partial charge in [-0.15, -0.1) is 0 Å². The maximum Gasteiger partial charge on any atom is 0.214 e. The summed E-state index contributed by atoms with van der Waals surface area (Å²) in [5.74, 6) is 0. The monoisotopic (exact) mass is 208 g/mol. The van der Waals surface area contributed by atoms with Crippen LogP contribution in [-0.2, 0) is 9.53 Å². The second kappa shape index (κ2) is 7.84. The third kappa shape index (κ3) is 6.01. The number of carbonyl (C=O) groups is 1. The van der Waals surface area contributed by atoms with Crippen LogP contribution in [-0.4, -0.2) is 53.4 Å². The van der Waals surface area contributed by atoms with Crippen LogP contribution >= 0.6 is 0 Å². The zero-order valence-corrected chi connectivity index (χ0v) is 7.80. The molecule has 6 nitrogen and oxygen atoms in total. The molecule has 0 saturated heterocycles. The first-order valence-electron chi connectivity index (χ1n) is 4.97. The van der Waals surface area contributed by atoms with Crippen LogP contribution in [0.5, 0.6) is 0 Å². The molecule has 3 unspecified atom stereocenters. The summed E-state index contributed by atoms with van der Waals surface area (Å²) in [5, 5.41) is 29.8. The van der Waals surface area contributed by atoms with Gasteiger partial charge in [0.2, 0.25) is 6.29 Å². The van der Waals surface area contributed by atoms with Crippen LogP contribution in [0, 0.1) is 0 Å². The molecule has 0 saturated carbocycles. The fourth-order valence-electron chi connectivity index (χ4n) is 0.741. The fourth-order valence-corrected chi connectivity index (χ4v) is 0.741. The molecule has 84 valence electrons. The lowest BCUT2D eigenvalue weighted by Gasteiger charge is -2.19. The van der Waals surface area contributed by atoms with Crippen LogP contribution in [0.2, 0.25) is 0 Å². The first-order chi connectivity index (χ1) is 7.11. The Morgan fingerprint density at radius 3 is 2.86 bits per heavy atom. The number of ether oxygens (including phenoxy) is 1. The molecule has 0 aromatic carbocycles. The molecular weight excluding hydrogens is 190 g/mol. The third-order valence-corrected chi connectivity index (χ3v) is 1.43. The zero-order chi connectivity index (χ0) is 11.7. The lowest BCUT2D eigenvalue weighted by atomic mass is 10.3. The highest BCUT2D eigenvalue weighted by Gasteiger charge is 2.19.